The van der Waals surface area contributed by atoms with E-state index in [0.717, 1.165) is 24.3 Å². The summed E-state index contributed by atoms with van der Waals surface area (Å²) in [4.78, 5) is 52.1. The van der Waals surface area contributed by atoms with Crippen LogP contribution in [-0.4, -0.2) is 48.9 Å². The van der Waals surface area contributed by atoms with Gasteiger partial charge in [-0.2, -0.15) is 22.0 Å². The third-order valence-corrected chi connectivity index (χ3v) is 7.18. The van der Waals surface area contributed by atoms with Crippen LogP contribution in [0.3, 0.4) is 0 Å². The van der Waals surface area contributed by atoms with E-state index in [1.165, 1.54) is 69.5 Å². The lowest BCUT2D eigenvalue weighted by atomic mass is 9.97. The Morgan fingerprint density at radius 2 is 1.47 bits per heavy atom. The molecule has 0 aromatic heterocycles. The first-order chi connectivity index (χ1) is 21.9. The first-order valence-electron chi connectivity index (χ1n) is 14.0. The lowest BCUT2D eigenvalue weighted by Gasteiger charge is -2.28. The van der Waals surface area contributed by atoms with Crippen molar-refractivity contribution >= 4 is 35.1 Å². The van der Waals surface area contributed by atoms with Crippen molar-refractivity contribution in [3.8, 4) is 5.75 Å². The lowest BCUT2D eigenvalue weighted by Crippen LogP contribution is -2.56. The molecule has 47 heavy (non-hydrogen) atoms. The molecule has 3 aromatic carbocycles. The molecular weight excluding hydrogens is 656 g/mol. The normalized spacial score (nSPS) is 13.7. The molecule has 3 aromatic rings. The molecule has 0 fully saturated rings. The van der Waals surface area contributed by atoms with Crippen LogP contribution < -0.4 is 20.7 Å². The Labute approximate surface area is 270 Å². The molecule has 8 nitrogen and oxygen atoms in total. The van der Waals surface area contributed by atoms with Crippen LogP contribution >= 0.6 is 11.6 Å². The quantitative estimate of drug-likeness (QED) is 0.208. The largest absolute Gasteiger partial charge is 0.497 e. The molecule has 0 radical (unpaired) electrons. The Morgan fingerprint density at radius 3 is 2.02 bits per heavy atom. The van der Waals surface area contributed by atoms with Gasteiger partial charge in [-0.25, -0.2) is 4.39 Å². The van der Waals surface area contributed by atoms with Crippen LogP contribution in [0.4, 0.5) is 26.3 Å². The Kier molecular flexibility index (Phi) is 12.0. The fourth-order valence-corrected chi connectivity index (χ4v) is 4.65. The van der Waals surface area contributed by atoms with Gasteiger partial charge in [-0.1, -0.05) is 61.8 Å². The SMILES string of the molecule is COc1ccc(C(NC(=O)C(Cc2cccc(F)c2)NC(=O)C(F)(F)c2cccc(Cl)c2)C(=O)N[C@H](C(=O)C(F)(F)F)C(C)C)cc1. The number of carbonyl (C=O) groups excluding carboxylic acids is 4. The van der Waals surface area contributed by atoms with Crippen LogP contribution in [0.5, 0.6) is 5.75 Å². The molecule has 0 saturated carbocycles. The van der Waals surface area contributed by atoms with E-state index in [2.05, 4.69) is 5.32 Å². The Hall–Kier alpha value is -4.59. The van der Waals surface area contributed by atoms with Crippen molar-refractivity contribution < 1.29 is 50.3 Å². The molecule has 0 saturated heterocycles. The number of hydrogen-bond acceptors (Lipinski definition) is 5. The smallest absolute Gasteiger partial charge is 0.452 e. The minimum absolute atomic E-state index is 0.00120. The van der Waals surface area contributed by atoms with Crippen LogP contribution in [0.2, 0.25) is 5.02 Å². The number of ketones is 1. The Morgan fingerprint density at radius 1 is 0.830 bits per heavy atom. The van der Waals surface area contributed by atoms with E-state index in [1.54, 1.807) is 0 Å². The van der Waals surface area contributed by atoms with Crippen LogP contribution in [0, 0.1) is 11.7 Å². The number of nitrogens with one attached hydrogen (secondary N) is 3. The van der Waals surface area contributed by atoms with E-state index in [0.29, 0.717) is 5.75 Å². The van der Waals surface area contributed by atoms with Crippen LogP contribution in [0.25, 0.3) is 0 Å². The summed E-state index contributed by atoms with van der Waals surface area (Å²) in [5.41, 5.74) is -0.701. The first kappa shape index (κ1) is 36.9. The van der Waals surface area contributed by atoms with Crippen LogP contribution in [0.1, 0.15) is 36.6 Å². The summed E-state index contributed by atoms with van der Waals surface area (Å²) in [6.07, 6.45) is -5.84. The van der Waals surface area contributed by atoms with Gasteiger partial charge in [0.25, 0.3) is 11.7 Å². The topological polar surface area (TPSA) is 114 Å². The maximum absolute atomic E-state index is 15.2. The molecule has 252 valence electrons. The highest BCUT2D eigenvalue weighted by Crippen LogP contribution is 2.30. The fourth-order valence-electron chi connectivity index (χ4n) is 4.46. The average Bonchev–Trinajstić information content (AvgIpc) is 3.01. The van der Waals surface area contributed by atoms with Gasteiger partial charge in [-0.05, 0) is 53.4 Å². The fraction of sp³-hybridized carbons (Fsp3) is 0.312. The number of hydrogen-bond donors (Lipinski definition) is 3. The first-order valence-corrected chi connectivity index (χ1v) is 14.4. The zero-order chi connectivity index (χ0) is 35.1. The van der Waals surface area contributed by atoms with Crippen molar-refractivity contribution in [2.24, 2.45) is 5.92 Å². The maximum Gasteiger partial charge on any atom is 0.452 e. The van der Waals surface area contributed by atoms with Crippen molar-refractivity contribution in [1.29, 1.82) is 0 Å². The molecule has 3 atom stereocenters. The summed E-state index contributed by atoms with van der Waals surface area (Å²) in [7, 11) is 1.34. The van der Waals surface area contributed by atoms with Crippen molar-refractivity contribution in [2.45, 2.75) is 50.5 Å². The van der Waals surface area contributed by atoms with Crippen molar-refractivity contribution in [1.82, 2.24) is 16.0 Å². The zero-order valence-electron chi connectivity index (χ0n) is 25.1. The predicted molar refractivity (Wildman–Crippen MR) is 159 cm³/mol. The van der Waals surface area contributed by atoms with E-state index in [4.69, 9.17) is 16.3 Å². The molecule has 2 unspecified atom stereocenters. The molecule has 0 bridgehead atoms. The van der Waals surface area contributed by atoms with Crippen molar-refractivity contribution in [2.75, 3.05) is 7.11 Å². The highest BCUT2D eigenvalue weighted by Gasteiger charge is 2.46. The van der Waals surface area contributed by atoms with Gasteiger partial charge in [0.2, 0.25) is 11.8 Å². The number of halogens is 7. The maximum atomic E-state index is 15.2. The summed E-state index contributed by atoms with van der Waals surface area (Å²) >= 11 is 5.80. The van der Waals surface area contributed by atoms with Gasteiger partial charge in [0.1, 0.15) is 23.7 Å². The Bertz CT molecular complexity index is 1600. The number of alkyl halides is 5. The zero-order valence-corrected chi connectivity index (χ0v) is 25.9. The van der Waals surface area contributed by atoms with Gasteiger partial charge in [0.15, 0.2) is 0 Å². The third-order valence-electron chi connectivity index (χ3n) is 6.95. The summed E-state index contributed by atoms with van der Waals surface area (Å²) in [5, 5.41) is 6.13. The molecule has 0 aliphatic carbocycles. The average molecular weight is 686 g/mol. The van der Waals surface area contributed by atoms with Crippen LogP contribution in [0.15, 0.2) is 72.8 Å². The molecule has 15 heteroatoms. The number of methoxy groups -OCH3 is 1. The molecule has 3 amide bonds. The molecule has 0 spiro atoms. The summed E-state index contributed by atoms with van der Waals surface area (Å²) in [5.74, 6) is -12.3. The highest BCUT2D eigenvalue weighted by atomic mass is 35.5. The second-order valence-electron chi connectivity index (χ2n) is 10.8. The number of rotatable bonds is 13. The standard InChI is InChI=1S/C32H30ClF6N3O5/c1-17(2)25(27(43)32(37,38)39)41-29(45)26(19-10-12-23(47-3)13-11-19)42-28(44)24(15-18-6-4-9-22(34)14-18)40-30(46)31(35,36)20-7-5-8-21(33)16-20/h4-14,16-17,24-26H,15H2,1-3H3,(H,40,46)(H,41,45)(H,42,44)/t24?,25-,26?/m0/s1. The second-order valence-corrected chi connectivity index (χ2v) is 11.2. The minimum atomic E-state index is -5.30. The van der Waals surface area contributed by atoms with E-state index >= 15 is 8.78 Å². The molecule has 3 N–H and O–H groups in total. The van der Waals surface area contributed by atoms with Crippen LogP contribution in [-0.2, 0) is 31.5 Å². The summed E-state index contributed by atoms with van der Waals surface area (Å²) in [6, 6.07) is 8.62. The highest BCUT2D eigenvalue weighted by molar-refractivity contribution is 6.30. The number of benzene rings is 3. The number of ether oxygens (including phenoxy) is 1. The van der Waals surface area contributed by atoms with E-state index in [9.17, 15) is 36.7 Å². The van der Waals surface area contributed by atoms with E-state index in [-0.39, 0.29) is 16.1 Å². The van der Waals surface area contributed by atoms with E-state index in [1.807, 2.05) is 10.6 Å². The third kappa shape index (κ3) is 9.70. The molecule has 0 heterocycles. The van der Waals surface area contributed by atoms with Gasteiger partial charge in [-0.3, -0.25) is 19.2 Å². The summed E-state index contributed by atoms with van der Waals surface area (Å²) in [6.45, 7) is 2.53. The van der Waals surface area contributed by atoms with Crippen molar-refractivity contribution in [3.63, 3.8) is 0 Å². The van der Waals surface area contributed by atoms with E-state index < -0.39 is 77.4 Å². The van der Waals surface area contributed by atoms with Gasteiger partial charge in [0, 0.05) is 17.0 Å². The van der Waals surface area contributed by atoms with Gasteiger partial charge >= 0.3 is 12.1 Å². The summed E-state index contributed by atoms with van der Waals surface area (Å²) < 4.78 is 89.4. The number of carbonyl (C=O) groups is 4. The number of Topliss-reactive ketones (excluding diaryl/α,β-unsaturated/α-hetero) is 1. The monoisotopic (exact) mass is 685 g/mol. The molecular formula is C32H30ClF6N3O5. The lowest BCUT2D eigenvalue weighted by molar-refractivity contribution is -0.175. The number of amides is 3. The minimum Gasteiger partial charge on any atom is -0.497 e. The van der Waals surface area contributed by atoms with Gasteiger partial charge < -0.3 is 20.7 Å². The second kappa shape index (κ2) is 15.3. The predicted octanol–water partition coefficient (Wildman–Crippen LogP) is 5.44. The van der Waals surface area contributed by atoms with Gasteiger partial charge in [0.05, 0.1) is 13.2 Å². The van der Waals surface area contributed by atoms with Gasteiger partial charge in [-0.15, -0.1) is 0 Å². The molecule has 0 aliphatic heterocycles. The molecule has 0 aliphatic rings. The molecule has 3 rings (SSSR count). The van der Waals surface area contributed by atoms with Crippen molar-refractivity contribution in [3.05, 3.63) is 100 Å². The Balaban J connectivity index is 2.00.